The van der Waals surface area contributed by atoms with Crippen molar-refractivity contribution in [2.75, 3.05) is 24.7 Å². The van der Waals surface area contributed by atoms with Crippen molar-refractivity contribution >= 4 is 32.4 Å². The SMILES string of the molecule is CC(C)(C)OCN[C@@H]1CCN(c2nnc(Br)s2)C1. The molecule has 0 amide bonds. The minimum absolute atomic E-state index is 0.0879. The lowest BCUT2D eigenvalue weighted by Gasteiger charge is -2.22. The van der Waals surface area contributed by atoms with Crippen molar-refractivity contribution in [2.45, 2.75) is 38.8 Å². The molecular weight excluding hydrogens is 316 g/mol. The first kappa shape index (κ1) is 14.2. The predicted octanol–water partition coefficient (Wildman–Crippen LogP) is 2.24. The van der Waals surface area contributed by atoms with Gasteiger partial charge in [-0.1, -0.05) is 11.3 Å². The summed E-state index contributed by atoms with van der Waals surface area (Å²) in [4.78, 5) is 2.26. The molecule has 0 saturated carbocycles. The Kier molecular flexibility index (Phi) is 4.58. The monoisotopic (exact) mass is 334 g/mol. The van der Waals surface area contributed by atoms with E-state index in [1.807, 2.05) is 0 Å². The van der Waals surface area contributed by atoms with Crippen molar-refractivity contribution in [3.05, 3.63) is 3.92 Å². The van der Waals surface area contributed by atoms with Crippen LogP contribution in [0.15, 0.2) is 3.92 Å². The molecule has 2 rings (SSSR count). The third-order valence-corrected chi connectivity index (χ3v) is 4.14. The molecule has 5 nitrogen and oxygen atoms in total. The van der Waals surface area contributed by atoms with E-state index in [1.54, 1.807) is 11.3 Å². The van der Waals surface area contributed by atoms with Gasteiger partial charge in [0.2, 0.25) is 5.13 Å². The van der Waals surface area contributed by atoms with Crippen LogP contribution < -0.4 is 10.2 Å². The molecule has 0 spiro atoms. The molecule has 1 aromatic heterocycles. The molecule has 1 N–H and O–H groups in total. The van der Waals surface area contributed by atoms with Crippen molar-refractivity contribution < 1.29 is 4.74 Å². The van der Waals surface area contributed by atoms with Crippen molar-refractivity contribution in [1.29, 1.82) is 0 Å². The third kappa shape index (κ3) is 4.15. The highest BCUT2D eigenvalue weighted by molar-refractivity contribution is 9.11. The Bertz CT molecular complexity index is 393. The number of hydrogen-bond acceptors (Lipinski definition) is 6. The van der Waals surface area contributed by atoms with Gasteiger partial charge in [-0.2, -0.15) is 0 Å². The topological polar surface area (TPSA) is 50.3 Å². The molecule has 1 atom stereocenters. The zero-order chi connectivity index (χ0) is 13.2. The van der Waals surface area contributed by atoms with Crippen LogP contribution in [-0.4, -0.2) is 41.7 Å². The fourth-order valence-corrected chi connectivity index (χ4v) is 2.93. The van der Waals surface area contributed by atoms with Gasteiger partial charge >= 0.3 is 0 Å². The van der Waals surface area contributed by atoms with Gasteiger partial charge in [0.25, 0.3) is 0 Å². The summed E-state index contributed by atoms with van der Waals surface area (Å²) < 4.78 is 6.51. The molecule has 1 fully saturated rings. The first-order valence-corrected chi connectivity index (χ1v) is 7.66. The van der Waals surface area contributed by atoms with Crippen LogP contribution in [0.25, 0.3) is 0 Å². The molecule has 1 saturated heterocycles. The lowest BCUT2D eigenvalue weighted by atomic mass is 10.2. The molecule has 0 aromatic carbocycles. The van der Waals surface area contributed by atoms with Crippen LogP contribution in [0.2, 0.25) is 0 Å². The van der Waals surface area contributed by atoms with Crippen LogP contribution in [0.5, 0.6) is 0 Å². The highest BCUT2D eigenvalue weighted by Crippen LogP contribution is 2.26. The van der Waals surface area contributed by atoms with Crippen molar-refractivity contribution in [3.63, 3.8) is 0 Å². The largest absolute Gasteiger partial charge is 0.361 e. The van der Waals surface area contributed by atoms with Crippen molar-refractivity contribution in [1.82, 2.24) is 15.5 Å². The quantitative estimate of drug-likeness (QED) is 0.856. The Hall–Kier alpha value is -0.240. The van der Waals surface area contributed by atoms with Gasteiger partial charge in [0.15, 0.2) is 3.92 Å². The molecule has 1 aliphatic rings. The minimum Gasteiger partial charge on any atom is -0.361 e. The van der Waals surface area contributed by atoms with E-state index in [9.17, 15) is 0 Å². The van der Waals surface area contributed by atoms with Crippen LogP contribution in [-0.2, 0) is 4.74 Å². The molecule has 7 heteroatoms. The Morgan fingerprint density at radius 1 is 1.50 bits per heavy atom. The lowest BCUT2D eigenvalue weighted by Crippen LogP contribution is -2.36. The fourth-order valence-electron chi connectivity index (χ4n) is 1.80. The average Bonchev–Trinajstić information content (AvgIpc) is 2.85. The van der Waals surface area contributed by atoms with Crippen LogP contribution >= 0.6 is 27.3 Å². The average molecular weight is 335 g/mol. The molecule has 1 aromatic rings. The number of nitrogens with zero attached hydrogens (tertiary/aromatic N) is 3. The van der Waals surface area contributed by atoms with Crippen LogP contribution in [0.3, 0.4) is 0 Å². The Labute approximate surface area is 120 Å². The Morgan fingerprint density at radius 2 is 2.28 bits per heavy atom. The Balaban J connectivity index is 1.75. The summed E-state index contributed by atoms with van der Waals surface area (Å²) in [5.41, 5.74) is -0.0879. The number of ether oxygens (including phenoxy) is 1. The number of nitrogens with one attached hydrogen (secondary N) is 1. The summed E-state index contributed by atoms with van der Waals surface area (Å²) in [6, 6.07) is 0.468. The van der Waals surface area contributed by atoms with E-state index in [1.165, 1.54) is 0 Å². The molecule has 0 unspecified atom stereocenters. The Morgan fingerprint density at radius 3 is 2.89 bits per heavy atom. The second-order valence-corrected chi connectivity index (χ2v) is 7.61. The van der Waals surface area contributed by atoms with Crippen molar-refractivity contribution in [3.8, 4) is 0 Å². The van der Waals surface area contributed by atoms with Crippen LogP contribution in [0, 0.1) is 0 Å². The summed E-state index contributed by atoms with van der Waals surface area (Å²) in [5.74, 6) is 0. The number of halogens is 1. The molecule has 0 radical (unpaired) electrons. The van der Waals surface area contributed by atoms with Crippen LogP contribution in [0.1, 0.15) is 27.2 Å². The van der Waals surface area contributed by atoms with Gasteiger partial charge in [-0.25, -0.2) is 0 Å². The first-order valence-electron chi connectivity index (χ1n) is 6.05. The highest BCUT2D eigenvalue weighted by Gasteiger charge is 2.25. The van der Waals surface area contributed by atoms with Crippen molar-refractivity contribution in [2.24, 2.45) is 0 Å². The molecule has 2 heterocycles. The second-order valence-electron chi connectivity index (χ2n) is 5.37. The minimum atomic E-state index is -0.0879. The summed E-state index contributed by atoms with van der Waals surface area (Å²) in [7, 11) is 0. The van der Waals surface area contributed by atoms with E-state index in [2.05, 4.69) is 57.1 Å². The van der Waals surface area contributed by atoms with Gasteiger partial charge in [0.05, 0.1) is 12.3 Å². The first-order chi connectivity index (χ1) is 8.44. The molecule has 102 valence electrons. The van der Waals surface area contributed by atoms with E-state index < -0.39 is 0 Å². The predicted molar refractivity (Wildman–Crippen MR) is 77.1 cm³/mol. The van der Waals surface area contributed by atoms with E-state index in [0.29, 0.717) is 12.8 Å². The lowest BCUT2D eigenvalue weighted by molar-refractivity contribution is -0.0163. The fraction of sp³-hybridized carbons (Fsp3) is 0.818. The van der Waals surface area contributed by atoms with E-state index in [-0.39, 0.29) is 5.60 Å². The number of rotatable bonds is 4. The summed E-state index contributed by atoms with van der Waals surface area (Å²) in [6.45, 7) is 8.78. The number of hydrogen-bond donors (Lipinski definition) is 1. The van der Waals surface area contributed by atoms with E-state index in [4.69, 9.17) is 4.74 Å². The van der Waals surface area contributed by atoms with Crippen LogP contribution in [0.4, 0.5) is 5.13 Å². The zero-order valence-corrected chi connectivity index (χ0v) is 13.3. The number of anilines is 1. The smallest absolute Gasteiger partial charge is 0.209 e. The molecule has 0 bridgehead atoms. The van der Waals surface area contributed by atoms with Gasteiger partial charge < -0.3 is 9.64 Å². The molecule has 1 aliphatic heterocycles. The zero-order valence-electron chi connectivity index (χ0n) is 10.9. The van der Waals surface area contributed by atoms with Gasteiger partial charge in [0, 0.05) is 19.1 Å². The summed E-state index contributed by atoms with van der Waals surface area (Å²) in [5, 5.41) is 12.5. The molecular formula is C11H19BrN4OS. The maximum absolute atomic E-state index is 5.67. The second kappa shape index (κ2) is 5.81. The third-order valence-electron chi connectivity index (χ3n) is 2.73. The standard InChI is InChI=1S/C11H19BrN4OS/c1-11(2,3)17-7-13-8-4-5-16(6-8)10-15-14-9(12)18-10/h8,13H,4-7H2,1-3H3/t8-/m1/s1. The van der Waals surface area contributed by atoms with E-state index >= 15 is 0 Å². The number of aromatic nitrogens is 2. The van der Waals surface area contributed by atoms with Gasteiger partial charge in [-0.05, 0) is 43.1 Å². The van der Waals surface area contributed by atoms with E-state index in [0.717, 1.165) is 28.6 Å². The summed E-state index contributed by atoms with van der Waals surface area (Å²) in [6.07, 6.45) is 1.12. The van der Waals surface area contributed by atoms with Gasteiger partial charge in [-0.3, -0.25) is 5.32 Å². The molecule has 18 heavy (non-hydrogen) atoms. The normalized spacial score (nSPS) is 20.7. The summed E-state index contributed by atoms with van der Waals surface area (Å²) >= 11 is 4.92. The maximum Gasteiger partial charge on any atom is 0.209 e. The maximum atomic E-state index is 5.67. The van der Waals surface area contributed by atoms with Gasteiger partial charge in [-0.15, -0.1) is 10.2 Å². The van der Waals surface area contributed by atoms with Gasteiger partial charge in [0.1, 0.15) is 0 Å². The highest BCUT2D eigenvalue weighted by atomic mass is 79.9. The molecule has 0 aliphatic carbocycles.